The number of furan rings is 1. The molecule has 0 aliphatic carbocycles. The van der Waals surface area contributed by atoms with Crippen LogP contribution < -0.4 is 0 Å². The van der Waals surface area contributed by atoms with Crippen molar-refractivity contribution >= 4 is 22.8 Å². The minimum atomic E-state index is -0.140. The van der Waals surface area contributed by atoms with Gasteiger partial charge in [-0.25, -0.2) is 0 Å². The van der Waals surface area contributed by atoms with E-state index in [0.717, 1.165) is 42.5 Å². The summed E-state index contributed by atoms with van der Waals surface area (Å²) in [6, 6.07) is 7.94. The van der Waals surface area contributed by atoms with E-state index in [2.05, 4.69) is 17.2 Å². The van der Waals surface area contributed by atoms with Crippen LogP contribution in [-0.2, 0) is 11.3 Å². The molecule has 2 aromatic heterocycles. The van der Waals surface area contributed by atoms with E-state index in [4.69, 9.17) is 4.42 Å². The Morgan fingerprint density at radius 1 is 1.27 bits per heavy atom. The molecule has 4 rings (SSSR count). The molecule has 0 unspecified atom stereocenters. The first kappa shape index (κ1) is 20.2. The van der Waals surface area contributed by atoms with Gasteiger partial charge in [-0.3, -0.25) is 14.3 Å². The van der Waals surface area contributed by atoms with Gasteiger partial charge in [-0.2, -0.15) is 5.10 Å². The van der Waals surface area contributed by atoms with Crippen molar-refractivity contribution in [1.29, 1.82) is 0 Å². The Bertz CT molecular complexity index is 1050. The zero-order chi connectivity index (χ0) is 21.3. The average Bonchev–Trinajstić information content (AvgIpc) is 3.41. The molecule has 0 saturated carbocycles. The van der Waals surface area contributed by atoms with Crippen LogP contribution in [-0.4, -0.2) is 58.6 Å². The fraction of sp³-hybridized carbons (Fsp3) is 0.435. The third-order valence-corrected chi connectivity index (χ3v) is 5.80. The highest BCUT2D eigenvalue weighted by Crippen LogP contribution is 2.32. The molecule has 0 N–H and O–H groups in total. The number of amides is 2. The summed E-state index contributed by atoms with van der Waals surface area (Å²) in [5.41, 5.74) is 2.98. The van der Waals surface area contributed by atoms with E-state index in [1.165, 1.54) is 10.5 Å². The van der Waals surface area contributed by atoms with Crippen LogP contribution in [0.1, 0.15) is 46.9 Å². The van der Waals surface area contributed by atoms with Crippen LogP contribution in [0.15, 0.2) is 41.1 Å². The molecular weight excluding hydrogens is 380 g/mol. The van der Waals surface area contributed by atoms with E-state index in [-0.39, 0.29) is 11.8 Å². The highest BCUT2D eigenvalue weighted by molar-refractivity contribution is 5.96. The number of benzene rings is 1. The van der Waals surface area contributed by atoms with Gasteiger partial charge in [0, 0.05) is 63.8 Å². The fourth-order valence-corrected chi connectivity index (χ4v) is 4.20. The molecule has 1 aliphatic heterocycles. The molecular formula is C23H28N4O3. The Morgan fingerprint density at radius 3 is 2.83 bits per heavy atom. The van der Waals surface area contributed by atoms with Crippen molar-refractivity contribution in [2.24, 2.45) is 0 Å². The van der Waals surface area contributed by atoms with Gasteiger partial charge in [-0.1, -0.05) is 6.07 Å². The summed E-state index contributed by atoms with van der Waals surface area (Å²) < 4.78 is 7.62. The van der Waals surface area contributed by atoms with Crippen molar-refractivity contribution in [2.45, 2.75) is 38.6 Å². The van der Waals surface area contributed by atoms with Crippen molar-refractivity contribution in [1.82, 2.24) is 19.6 Å². The quantitative estimate of drug-likeness (QED) is 0.648. The molecule has 1 fully saturated rings. The molecule has 0 radical (unpaired) electrons. The molecule has 1 aliphatic rings. The highest BCUT2D eigenvalue weighted by atomic mass is 16.3. The number of fused-ring (bicyclic) bond motifs is 1. The minimum absolute atomic E-state index is 0.140. The molecule has 30 heavy (non-hydrogen) atoms. The molecule has 3 heterocycles. The summed E-state index contributed by atoms with van der Waals surface area (Å²) >= 11 is 0. The molecule has 1 aromatic carbocycles. The van der Waals surface area contributed by atoms with Crippen LogP contribution in [0.2, 0.25) is 0 Å². The predicted molar refractivity (Wildman–Crippen MR) is 114 cm³/mol. The normalized spacial score (nSPS) is 16.8. The van der Waals surface area contributed by atoms with Crippen LogP contribution in [0, 0.1) is 6.92 Å². The number of aromatic nitrogens is 2. The van der Waals surface area contributed by atoms with Gasteiger partial charge in [-0.05, 0) is 49.1 Å². The lowest BCUT2D eigenvalue weighted by Crippen LogP contribution is -2.39. The van der Waals surface area contributed by atoms with Gasteiger partial charge in [0.25, 0.3) is 5.91 Å². The number of nitrogens with zero attached hydrogens (tertiary/aromatic N) is 4. The Labute approximate surface area is 176 Å². The standard InChI is InChI=1S/C23H28N4O3/c1-16-12-18(13-19-14-20(30-22(16)19)23(29)25(2)3)17-6-4-9-26(15-17)21(28)7-11-27-10-5-8-24-27/h5,8,10,12-14,17H,4,6-7,9,11,15H2,1-3H3/t17-/m0/s1. The summed E-state index contributed by atoms with van der Waals surface area (Å²) in [6.45, 7) is 4.15. The topological polar surface area (TPSA) is 71.6 Å². The predicted octanol–water partition coefficient (Wildman–Crippen LogP) is 3.44. The second-order valence-corrected chi connectivity index (χ2v) is 8.26. The van der Waals surface area contributed by atoms with E-state index in [1.54, 1.807) is 25.0 Å². The van der Waals surface area contributed by atoms with E-state index >= 15 is 0 Å². The summed E-state index contributed by atoms with van der Waals surface area (Å²) in [4.78, 5) is 28.5. The van der Waals surface area contributed by atoms with Crippen LogP contribution in [0.4, 0.5) is 0 Å². The Balaban J connectivity index is 1.49. The van der Waals surface area contributed by atoms with Gasteiger partial charge < -0.3 is 14.2 Å². The number of rotatable bonds is 5. The molecule has 2 amide bonds. The summed E-state index contributed by atoms with van der Waals surface area (Å²) in [6.07, 6.45) is 6.11. The van der Waals surface area contributed by atoms with Crippen molar-refractivity contribution in [3.8, 4) is 0 Å². The van der Waals surface area contributed by atoms with E-state index in [0.29, 0.717) is 24.6 Å². The lowest BCUT2D eigenvalue weighted by atomic mass is 9.89. The fourth-order valence-electron chi connectivity index (χ4n) is 4.20. The second kappa shape index (κ2) is 8.34. The van der Waals surface area contributed by atoms with Crippen molar-refractivity contribution in [3.05, 3.63) is 53.5 Å². The summed E-state index contributed by atoms with van der Waals surface area (Å²) in [5, 5.41) is 5.11. The van der Waals surface area contributed by atoms with E-state index in [9.17, 15) is 9.59 Å². The van der Waals surface area contributed by atoms with E-state index in [1.807, 2.05) is 30.2 Å². The lowest BCUT2D eigenvalue weighted by molar-refractivity contribution is -0.132. The molecule has 3 aromatic rings. The zero-order valence-corrected chi connectivity index (χ0v) is 17.8. The monoisotopic (exact) mass is 408 g/mol. The molecule has 0 bridgehead atoms. The first-order valence-corrected chi connectivity index (χ1v) is 10.4. The van der Waals surface area contributed by atoms with Gasteiger partial charge in [0.15, 0.2) is 5.76 Å². The van der Waals surface area contributed by atoms with Gasteiger partial charge in [0.1, 0.15) is 5.58 Å². The van der Waals surface area contributed by atoms with Crippen LogP contribution in [0.5, 0.6) is 0 Å². The Hall–Kier alpha value is -3.09. The molecule has 0 spiro atoms. The van der Waals surface area contributed by atoms with Gasteiger partial charge >= 0.3 is 0 Å². The van der Waals surface area contributed by atoms with Crippen LogP contribution in [0.3, 0.4) is 0 Å². The molecule has 1 atom stereocenters. The summed E-state index contributed by atoms with van der Waals surface area (Å²) in [7, 11) is 3.43. The largest absolute Gasteiger partial charge is 0.451 e. The van der Waals surface area contributed by atoms with Crippen LogP contribution in [0.25, 0.3) is 11.0 Å². The van der Waals surface area contributed by atoms with Crippen molar-refractivity contribution < 1.29 is 14.0 Å². The number of carbonyl (C=O) groups is 2. The molecule has 7 heteroatoms. The van der Waals surface area contributed by atoms with Crippen LogP contribution >= 0.6 is 0 Å². The Kier molecular flexibility index (Phi) is 5.61. The minimum Gasteiger partial charge on any atom is -0.451 e. The van der Waals surface area contributed by atoms with E-state index < -0.39 is 0 Å². The summed E-state index contributed by atoms with van der Waals surface area (Å²) in [5.74, 6) is 0.682. The van der Waals surface area contributed by atoms with Crippen molar-refractivity contribution in [3.63, 3.8) is 0 Å². The maximum Gasteiger partial charge on any atom is 0.289 e. The second-order valence-electron chi connectivity index (χ2n) is 8.26. The Morgan fingerprint density at radius 2 is 2.10 bits per heavy atom. The molecule has 7 nitrogen and oxygen atoms in total. The lowest BCUT2D eigenvalue weighted by Gasteiger charge is -2.33. The molecule has 1 saturated heterocycles. The number of aryl methyl sites for hydroxylation is 2. The van der Waals surface area contributed by atoms with Gasteiger partial charge in [0.05, 0.1) is 0 Å². The number of likely N-dealkylation sites (tertiary alicyclic amines) is 1. The highest BCUT2D eigenvalue weighted by Gasteiger charge is 2.26. The number of carbonyl (C=O) groups excluding carboxylic acids is 2. The smallest absolute Gasteiger partial charge is 0.289 e. The third kappa shape index (κ3) is 4.10. The maximum absolute atomic E-state index is 12.7. The zero-order valence-electron chi connectivity index (χ0n) is 17.8. The maximum atomic E-state index is 12.7. The number of hydrogen-bond acceptors (Lipinski definition) is 4. The SMILES string of the molecule is Cc1cc([C@H]2CCCN(C(=O)CCn3cccn3)C2)cc2cc(C(=O)N(C)C)oc12. The number of hydrogen-bond donors (Lipinski definition) is 0. The third-order valence-electron chi connectivity index (χ3n) is 5.80. The first-order chi connectivity index (χ1) is 14.4. The average molecular weight is 409 g/mol. The number of piperidine rings is 1. The van der Waals surface area contributed by atoms with Crippen molar-refractivity contribution in [2.75, 3.05) is 27.2 Å². The first-order valence-electron chi connectivity index (χ1n) is 10.4. The molecule has 158 valence electrons. The van der Waals surface area contributed by atoms with Gasteiger partial charge in [0.2, 0.25) is 5.91 Å². The van der Waals surface area contributed by atoms with Gasteiger partial charge in [-0.15, -0.1) is 0 Å².